The highest BCUT2D eigenvalue weighted by Crippen LogP contribution is 2.18. The molecular formula is C16H15BrN2O5S. The molecule has 0 aliphatic heterocycles. The van der Waals surface area contributed by atoms with E-state index in [2.05, 4.69) is 21.2 Å². The first-order valence-corrected chi connectivity index (χ1v) is 9.41. The van der Waals surface area contributed by atoms with Crippen molar-refractivity contribution in [3.8, 4) is 0 Å². The van der Waals surface area contributed by atoms with Crippen LogP contribution in [0.4, 0.5) is 5.69 Å². The first-order valence-electron chi connectivity index (χ1n) is 7.07. The van der Waals surface area contributed by atoms with E-state index in [1.165, 1.54) is 31.2 Å². The summed E-state index contributed by atoms with van der Waals surface area (Å²) in [6.07, 6.45) is -1.04. The molecule has 0 aromatic heterocycles. The van der Waals surface area contributed by atoms with Gasteiger partial charge < -0.3 is 10.1 Å². The van der Waals surface area contributed by atoms with Gasteiger partial charge in [-0.25, -0.2) is 18.4 Å². The zero-order chi connectivity index (χ0) is 18.6. The molecule has 0 radical (unpaired) electrons. The van der Waals surface area contributed by atoms with Gasteiger partial charge in [-0.05, 0) is 59.3 Å². The molecule has 2 aromatic carbocycles. The molecular weight excluding hydrogens is 412 g/mol. The lowest BCUT2D eigenvalue weighted by atomic mass is 10.2. The number of sulfonamides is 1. The fourth-order valence-corrected chi connectivity index (χ4v) is 2.84. The summed E-state index contributed by atoms with van der Waals surface area (Å²) in [6, 6.07) is 12.0. The van der Waals surface area contributed by atoms with Crippen LogP contribution >= 0.6 is 15.9 Å². The Hall–Kier alpha value is -2.23. The number of anilines is 1. The van der Waals surface area contributed by atoms with Gasteiger partial charge in [-0.1, -0.05) is 12.1 Å². The molecule has 2 rings (SSSR count). The van der Waals surface area contributed by atoms with Gasteiger partial charge >= 0.3 is 5.97 Å². The van der Waals surface area contributed by atoms with Crippen LogP contribution in [0.1, 0.15) is 17.3 Å². The summed E-state index contributed by atoms with van der Waals surface area (Å²) in [7, 11) is -3.80. The van der Waals surface area contributed by atoms with Crippen molar-refractivity contribution in [2.75, 3.05) is 5.32 Å². The number of nitrogens with two attached hydrogens (primary N) is 1. The number of rotatable bonds is 5. The average Bonchev–Trinajstić information content (AvgIpc) is 2.54. The van der Waals surface area contributed by atoms with Crippen molar-refractivity contribution in [3.63, 3.8) is 0 Å². The number of halogens is 1. The maximum atomic E-state index is 12.1. The Morgan fingerprint density at radius 1 is 1.12 bits per heavy atom. The predicted octanol–water partition coefficient (Wildman–Crippen LogP) is 2.28. The Balaban J connectivity index is 2.01. The Bertz CT molecular complexity index is 897. The lowest BCUT2D eigenvalue weighted by Gasteiger charge is -2.14. The summed E-state index contributed by atoms with van der Waals surface area (Å²) in [4.78, 5) is 24.1. The summed E-state index contributed by atoms with van der Waals surface area (Å²) < 4.78 is 28.1. The fourth-order valence-electron chi connectivity index (χ4n) is 1.88. The van der Waals surface area contributed by atoms with Crippen LogP contribution in [0.25, 0.3) is 0 Å². The van der Waals surface area contributed by atoms with E-state index in [0.717, 1.165) is 0 Å². The lowest BCUT2D eigenvalue weighted by molar-refractivity contribution is -0.123. The lowest BCUT2D eigenvalue weighted by Crippen LogP contribution is -2.30. The van der Waals surface area contributed by atoms with Crippen molar-refractivity contribution in [2.24, 2.45) is 5.14 Å². The first-order chi connectivity index (χ1) is 11.7. The zero-order valence-electron chi connectivity index (χ0n) is 13.1. The van der Waals surface area contributed by atoms with E-state index in [-0.39, 0.29) is 4.90 Å². The Labute approximate surface area is 153 Å². The Kier molecular flexibility index (Phi) is 5.93. The minimum Gasteiger partial charge on any atom is -0.449 e. The van der Waals surface area contributed by atoms with Gasteiger partial charge in [0.2, 0.25) is 10.0 Å². The molecule has 132 valence electrons. The summed E-state index contributed by atoms with van der Waals surface area (Å²) >= 11 is 3.24. The highest BCUT2D eigenvalue weighted by Gasteiger charge is 2.20. The van der Waals surface area contributed by atoms with E-state index < -0.39 is 28.0 Å². The van der Waals surface area contributed by atoms with Gasteiger partial charge in [-0.3, -0.25) is 4.79 Å². The van der Waals surface area contributed by atoms with Crippen LogP contribution in [-0.2, 0) is 19.6 Å². The van der Waals surface area contributed by atoms with Gasteiger partial charge in [0.1, 0.15) is 0 Å². The van der Waals surface area contributed by atoms with Crippen LogP contribution in [0.15, 0.2) is 57.9 Å². The second kappa shape index (κ2) is 7.77. The number of hydrogen-bond donors (Lipinski definition) is 2. The molecule has 3 N–H and O–H groups in total. The number of amides is 1. The van der Waals surface area contributed by atoms with E-state index in [4.69, 9.17) is 9.88 Å². The van der Waals surface area contributed by atoms with Crippen LogP contribution in [-0.4, -0.2) is 26.4 Å². The zero-order valence-corrected chi connectivity index (χ0v) is 15.5. The molecule has 0 aliphatic carbocycles. The molecule has 0 bridgehead atoms. The van der Waals surface area contributed by atoms with Crippen LogP contribution in [0, 0.1) is 0 Å². The topological polar surface area (TPSA) is 116 Å². The molecule has 9 heteroatoms. The van der Waals surface area contributed by atoms with E-state index in [1.807, 2.05) is 0 Å². The smallest absolute Gasteiger partial charge is 0.340 e. The van der Waals surface area contributed by atoms with E-state index >= 15 is 0 Å². The molecule has 0 fully saturated rings. The normalized spacial score (nSPS) is 12.3. The van der Waals surface area contributed by atoms with Gasteiger partial charge in [0.05, 0.1) is 10.5 Å². The largest absolute Gasteiger partial charge is 0.449 e. The van der Waals surface area contributed by atoms with Gasteiger partial charge in [0.25, 0.3) is 5.91 Å². The van der Waals surface area contributed by atoms with Crippen LogP contribution in [0.5, 0.6) is 0 Å². The number of carbonyl (C=O) groups excluding carboxylic acids is 2. The summed E-state index contributed by atoms with van der Waals surface area (Å²) in [5.41, 5.74) is 0.654. The summed E-state index contributed by atoms with van der Waals surface area (Å²) in [5.74, 6) is -1.19. The number of esters is 1. The van der Waals surface area contributed by atoms with Crippen molar-refractivity contribution in [3.05, 3.63) is 58.6 Å². The fraction of sp³-hybridized carbons (Fsp3) is 0.125. The summed E-state index contributed by atoms with van der Waals surface area (Å²) in [6.45, 7) is 1.43. The number of nitrogens with one attached hydrogen (secondary N) is 1. The van der Waals surface area contributed by atoms with Gasteiger partial charge in [0.15, 0.2) is 6.10 Å². The molecule has 2 aromatic rings. The van der Waals surface area contributed by atoms with Crippen LogP contribution < -0.4 is 10.5 Å². The molecule has 0 saturated heterocycles. The quantitative estimate of drug-likeness (QED) is 0.711. The number of benzene rings is 2. The molecule has 0 saturated carbocycles. The molecule has 0 unspecified atom stereocenters. The van der Waals surface area contributed by atoms with Crippen LogP contribution in [0.3, 0.4) is 0 Å². The third-order valence-corrected chi connectivity index (χ3v) is 4.82. The van der Waals surface area contributed by atoms with Gasteiger partial charge in [0, 0.05) is 10.2 Å². The van der Waals surface area contributed by atoms with E-state index in [1.54, 1.807) is 24.3 Å². The Morgan fingerprint density at radius 3 is 2.28 bits per heavy atom. The number of ether oxygens (including phenoxy) is 1. The number of hydrogen-bond acceptors (Lipinski definition) is 5. The highest BCUT2D eigenvalue weighted by atomic mass is 79.9. The Morgan fingerprint density at radius 2 is 1.72 bits per heavy atom. The number of primary sulfonamides is 1. The predicted molar refractivity (Wildman–Crippen MR) is 95.5 cm³/mol. The molecule has 1 amide bonds. The van der Waals surface area contributed by atoms with Crippen molar-refractivity contribution < 1.29 is 22.7 Å². The first kappa shape index (κ1) is 19.1. The average molecular weight is 427 g/mol. The van der Waals surface area contributed by atoms with Crippen molar-refractivity contribution in [1.82, 2.24) is 0 Å². The molecule has 0 heterocycles. The molecule has 7 nitrogen and oxygen atoms in total. The number of carbonyl (C=O) groups is 2. The van der Waals surface area contributed by atoms with E-state index in [0.29, 0.717) is 15.7 Å². The van der Waals surface area contributed by atoms with E-state index in [9.17, 15) is 18.0 Å². The third-order valence-electron chi connectivity index (χ3n) is 3.20. The van der Waals surface area contributed by atoms with Gasteiger partial charge in [-0.15, -0.1) is 0 Å². The monoisotopic (exact) mass is 426 g/mol. The minimum absolute atomic E-state index is 0.0705. The van der Waals surface area contributed by atoms with Crippen molar-refractivity contribution in [2.45, 2.75) is 17.9 Å². The maximum Gasteiger partial charge on any atom is 0.340 e. The van der Waals surface area contributed by atoms with Crippen molar-refractivity contribution in [1.29, 1.82) is 0 Å². The van der Waals surface area contributed by atoms with Gasteiger partial charge in [-0.2, -0.15) is 0 Å². The third kappa shape index (κ3) is 5.12. The van der Waals surface area contributed by atoms with Crippen LogP contribution in [0.2, 0.25) is 0 Å². The second-order valence-corrected chi connectivity index (χ2v) is 7.50. The molecule has 25 heavy (non-hydrogen) atoms. The standard InChI is InChI=1S/C16H15BrN2O5S/c1-10(24-16(21)13-4-2-3-5-14(13)17)15(20)19-11-6-8-12(9-7-11)25(18,22)23/h2-10H,1H3,(H,19,20)(H2,18,22,23)/t10-/m0/s1. The second-order valence-electron chi connectivity index (χ2n) is 5.09. The molecule has 0 aliphatic rings. The van der Waals surface area contributed by atoms with Crippen molar-refractivity contribution >= 4 is 43.5 Å². The summed E-state index contributed by atoms with van der Waals surface area (Å²) in [5, 5.41) is 7.53. The highest BCUT2D eigenvalue weighted by molar-refractivity contribution is 9.10. The molecule has 0 spiro atoms. The maximum absolute atomic E-state index is 12.1. The molecule has 1 atom stereocenters. The SMILES string of the molecule is C[C@H](OC(=O)c1ccccc1Br)C(=O)Nc1ccc(S(N)(=O)=O)cc1. The minimum atomic E-state index is -3.80.